The fraction of sp³-hybridized carbons (Fsp3) is 0.750. The molecule has 3 heteroatoms. The van der Waals surface area contributed by atoms with E-state index in [2.05, 4.69) is 13.8 Å². The molecule has 0 amide bonds. The summed E-state index contributed by atoms with van der Waals surface area (Å²) in [6.45, 7) is 5.20. The second-order valence-corrected chi connectivity index (χ2v) is 2.89. The van der Waals surface area contributed by atoms with E-state index in [1.54, 1.807) is 6.29 Å². The van der Waals surface area contributed by atoms with E-state index in [0.717, 1.165) is 13.0 Å². The van der Waals surface area contributed by atoms with Crippen molar-refractivity contribution >= 4 is 6.29 Å². The van der Waals surface area contributed by atoms with Gasteiger partial charge in [-0.1, -0.05) is 20.3 Å². The molecule has 0 heterocycles. The van der Waals surface area contributed by atoms with Gasteiger partial charge in [0.2, 0.25) is 0 Å². The normalized spacial score (nSPS) is 12.4. The summed E-state index contributed by atoms with van der Waals surface area (Å²) >= 11 is 0. The van der Waals surface area contributed by atoms with Crippen molar-refractivity contribution in [2.45, 2.75) is 26.7 Å². The first-order chi connectivity index (χ1) is 4.70. The van der Waals surface area contributed by atoms with Gasteiger partial charge in [0.25, 0.3) is 0 Å². The summed E-state index contributed by atoms with van der Waals surface area (Å²) in [6.07, 6.45) is 2.95. The zero-order valence-corrected chi connectivity index (χ0v) is 11.2. The second kappa shape index (κ2) is 8.78. The zero-order chi connectivity index (χ0) is 7.98. The van der Waals surface area contributed by atoms with E-state index in [1.807, 2.05) is 0 Å². The summed E-state index contributed by atoms with van der Waals surface area (Å²) < 4.78 is 0. The third-order valence-electron chi connectivity index (χ3n) is 1.33. The van der Waals surface area contributed by atoms with Gasteiger partial charge in [-0.25, -0.2) is 6.61 Å². The van der Waals surface area contributed by atoms with E-state index in [9.17, 15) is 4.79 Å². The summed E-state index contributed by atoms with van der Waals surface area (Å²) in [6, 6.07) is 0. The van der Waals surface area contributed by atoms with Gasteiger partial charge in [0.05, 0.1) is 0 Å². The Morgan fingerprint density at radius 2 is 2.09 bits per heavy atom. The van der Waals surface area contributed by atoms with Gasteiger partial charge in [-0.2, -0.15) is 12.3 Å². The van der Waals surface area contributed by atoms with Crippen molar-refractivity contribution < 1.29 is 41.0 Å². The molecule has 0 aromatic rings. The van der Waals surface area contributed by atoms with E-state index in [1.165, 1.54) is 0 Å². The number of hydrogen-bond acceptors (Lipinski definition) is 2. The van der Waals surface area contributed by atoms with E-state index in [-0.39, 0.29) is 37.0 Å². The Morgan fingerprint density at radius 3 is 2.36 bits per heavy atom. The Balaban J connectivity index is 0. The molecule has 0 radical (unpaired) electrons. The predicted octanol–water partition coefficient (Wildman–Crippen LogP) is 1.68. The molecule has 0 aromatic carbocycles. The third kappa shape index (κ3) is 8.59. The van der Waals surface area contributed by atoms with Gasteiger partial charge in [-0.3, -0.25) is 6.29 Å². The van der Waals surface area contributed by atoms with Crippen LogP contribution in [0.5, 0.6) is 0 Å². The molecular formula is C8H14O2U. The van der Waals surface area contributed by atoms with Crippen LogP contribution in [0.3, 0.4) is 0 Å². The fourth-order valence-electron chi connectivity index (χ4n) is 0.909. The average Bonchev–Trinajstić information content (AvgIpc) is 1.86. The summed E-state index contributed by atoms with van der Waals surface area (Å²) in [5.41, 5.74) is 0. The van der Waals surface area contributed by atoms with Crippen molar-refractivity contribution in [3.63, 3.8) is 0 Å². The molecule has 0 aliphatic rings. The van der Waals surface area contributed by atoms with Crippen LogP contribution in [-0.4, -0.2) is 11.4 Å². The van der Waals surface area contributed by atoms with Crippen LogP contribution >= 0.6 is 0 Å². The minimum absolute atomic E-state index is 0. The number of rotatable bonds is 5. The average molecular weight is 380 g/mol. The monoisotopic (exact) mass is 380 g/mol. The molecular weight excluding hydrogens is 366 g/mol. The van der Waals surface area contributed by atoms with Gasteiger partial charge in [-0.05, 0) is 5.92 Å². The standard InChI is InChI=1S/C8H14O2.U/c1-7(2)5-8(6-10)3-4-9;/h6-8,10H,3,5H2,1-2H3;/q-2;+2. The first-order valence-corrected chi connectivity index (χ1v) is 3.53. The molecule has 2 nitrogen and oxygen atoms in total. The zero-order valence-electron chi connectivity index (χ0n) is 7.00. The smallest absolute Gasteiger partial charge is 0.566 e. The topological polar surface area (TPSA) is 37.3 Å². The molecule has 0 aromatic heterocycles. The maximum absolute atomic E-state index is 9.90. The molecule has 0 saturated carbocycles. The molecule has 62 valence electrons. The SMILES string of the molecule is CC(C)CC([CH-]O)C[C-]=O.[U+2]. The Morgan fingerprint density at radius 1 is 1.55 bits per heavy atom. The Bertz CT molecular complexity index is 94.1. The predicted molar refractivity (Wildman–Crippen MR) is 39.5 cm³/mol. The van der Waals surface area contributed by atoms with Crippen molar-refractivity contribution in [2.75, 3.05) is 0 Å². The summed E-state index contributed by atoms with van der Waals surface area (Å²) in [7, 11) is 0. The fourth-order valence-corrected chi connectivity index (χ4v) is 0.909. The second-order valence-electron chi connectivity index (χ2n) is 2.89. The summed E-state index contributed by atoms with van der Waals surface area (Å²) in [4.78, 5) is 9.90. The van der Waals surface area contributed by atoms with Crippen LogP contribution in [0.25, 0.3) is 0 Å². The van der Waals surface area contributed by atoms with Gasteiger partial charge in [-0.15, -0.1) is 0 Å². The van der Waals surface area contributed by atoms with Gasteiger partial charge in [0, 0.05) is 0 Å². The quantitative estimate of drug-likeness (QED) is 0.738. The molecule has 0 saturated heterocycles. The molecule has 1 unspecified atom stereocenters. The van der Waals surface area contributed by atoms with Crippen LogP contribution in [0.4, 0.5) is 0 Å². The Kier molecular flexibility index (Phi) is 11.3. The molecule has 1 N–H and O–H groups in total. The number of aliphatic hydroxyl groups excluding tert-OH is 1. The Labute approximate surface area is 92.1 Å². The van der Waals surface area contributed by atoms with Crippen LogP contribution < -0.4 is 0 Å². The Hall–Kier alpha value is 0.682. The molecule has 0 bridgehead atoms. The molecule has 0 aliphatic carbocycles. The van der Waals surface area contributed by atoms with Crippen LogP contribution in [0.1, 0.15) is 26.7 Å². The van der Waals surface area contributed by atoms with Gasteiger partial charge in [0.1, 0.15) is 0 Å². The van der Waals surface area contributed by atoms with E-state index in [4.69, 9.17) is 5.11 Å². The van der Waals surface area contributed by atoms with Crippen molar-refractivity contribution in [1.29, 1.82) is 0 Å². The molecule has 0 spiro atoms. The van der Waals surface area contributed by atoms with E-state index in [0.29, 0.717) is 12.3 Å². The van der Waals surface area contributed by atoms with Crippen molar-refractivity contribution in [2.24, 2.45) is 11.8 Å². The van der Waals surface area contributed by atoms with Crippen LogP contribution in [0.2, 0.25) is 0 Å². The van der Waals surface area contributed by atoms with Crippen LogP contribution in [-0.2, 0) is 4.79 Å². The maximum Gasteiger partial charge on any atom is 2.00 e. The van der Waals surface area contributed by atoms with Gasteiger partial charge in [0.15, 0.2) is 0 Å². The summed E-state index contributed by atoms with van der Waals surface area (Å²) in [5.74, 6) is 0.513. The summed E-state index contributed by atoms with van der Waals surface area (Å²) in [5, 5.41) is 8.60. The maximum atomic E-state index is 9.90. The number of hydrogen-bond donors (Lipinski definition) is 1. The minimum Gasteiger partial charge on any atom is -0.566 e. The first-order valence-electron chi connectivity index (χ1n) is 3.53. The molecule has 0 fully saturated rings. The van der Waals surface area contributed by atoms with Crippen LogP contribution in [0.15, 0.2) is 0 Å². The molecule has 0 aliphatic heterocycles. The van der Waals surface area contributed by atoms with Crippen molar-refractivity contribution in [1.82, 2.24) is 0 Å². The van der Waals surface area contributed by atoms with Crippen molar-refractivity contribution in [3.05, 3.63) is 6.61 Å². The molecule has 0 rings (SSSR count). The van der Waals surface area contributed by atoms with Crippen LogP contribution in [0, 0.1) is 49.6 Å². The largest absolute Gasteiger partial charge is 2.00 e. The minimum atomic E-state index is -0.00231. The molecule has 1 atom stereocenters. The molecule has 11 heavy (non-hydrogen) atoms. The third-order valence-corrected chi connectivity index (χ3v) is 1.33. The number of aliphatic hydroxyl groups is 1. The number of carbonyl (C=O) groups excluding carboxylic acids is 1. The van der Waals surface area contributed by atoms with Gasteiger partial charge < -0.3 is 9.90 Å². The first kappa shape index (κ1) is 14.2. The van der Waals surface area contributed by atoms with E-state index < -0.39 is 0 Å². The van der Waals surface area contributed by atoms with Gasteiger partial charge >= 0.3 is 31.1 Å². The van der Waals surface area contributed by atoms with E-state index >= 15 is 0 Å². The van der Waals surface area contributed by atoms with Crippen molar-refractivity contribution in [3.8, 4) is 0 Å².